The maximum absolute atomic E-state index is 12.1. The van der Waals surface area contributed by atoms with E-state index in [-0.39, 0.29) is 5.92 Å². The Kier molecular flexibility index (Phi) is 5.40. The fourth-order valence-corrected chi connectivity index (χ4v) is 3.67. The van der Waals surface area contributed by atoms with Crippen molar-refractivity contribution in [2.24, 2.45) is 0 Å². The van der Waals surface area contributed by atoms with Crippen LogP contribution in [-0.2, 0) is 4.74 Å². The Bertz CT molecular complexity index is 987. The smallest absolute Gasteiger partial charge is 0.407 e. The van der Waals surface area contributed by atoms with E-state index >= 15 is 0 Å². The minimum absolute atomic E-state index is 0.0565. The van der Waals surface area contributed by atoms with Crippen molar-refractivity contribution in [1.82, 2.24) is 10.3 Å². The highest BCUT2D eigenvalue weighted by atomic mass is 35.5. The number of amides is 1. The number of ether oxygens (including phenoxy) is 1. The van der Waals surface area contributed by atoms with E-state index in [4.69, 9.17) is 16.3 Å². The Morgan fingerprint density at radius 3 is 2.39 bits per heavy atom. The molecular formula is C23H19ClN2O2. The molecule has 0 atom stereocenters. The second kappa shape index (κ2) is 8.28. The SMILES string of the molecule is O=C(NCC=Cc1ncccc1Cl)OCC1c2ccccc2-c2ccccc21. The van der Waals surface area contributed by atoms with Crippen molar-refractivity contribution in [2.45, 2.75) is 5.92 Å². The molecule has 1 N–H and O–H groups in total. The predicted molar refractivity (Wildman–Crippen MR) is 111 cm³/mol. The third kappa shape index (κ3) is 3.78. The van der Waals surface area contributed by atoms with Gasteiger partial charge < -0.3 is 10.1 Å². The molecule has 4 nitrogen and oxygen atoms in total. The monoisotopic (exact) mass is 390 g/mol. The van der Waals surface area contributed by atoms with Gasteiger partial charge in [-0.25, -0.2) is 4.79 Å². The lowest BCUT2D eigenvalue weighted by Crippen LogP contribution is -2.26. The number of halogens is 1. The maximum atomic E-state index is 12.1. The normalized spacial score (nSPS) is 12.6. The molecule has 140 valence electrons. The van der Waals surface area contributed by atoms with E-state index in [1.54, 1.807) is 30.5 Å². The van der Waals surface area contributed by atoms with Crippen molar-refractivity contribution in [3.63, 3.8) is 0 Å². The number of hydrogen-bond donors (Lipinski definition) is 1. The summed E-state index contributed by atoms with van der Waals surface area (Å²) in [5.41, 5.74) is 5.48. The summed E-state index contributed by atoms with van der Waals surface area (Å²) in [6.45, 7) is 0.638. The number of carbonyl (C=O) groups excluding carboxylic acids is 1. The van der Waals surface area contributed by atoms with E-state index in [9.17, 15) is 4.79 Å². The third-order valence-corrected chi connectivity index (χ3v) is 5.09. The van der Waals surface area contributed by atoms with Crippen molar-refractivity contribution in [2.75, 3.05) is 13.2 Å². The van der Waals surface area contributed by atoms with Crippen LogP contribution in [0.1, 0.15) is 22.7 Å². The minimum atomic E-state index is -0.446. The Balaban J connectivity index is 1.35. The lowest BCUT2D eigenvalue weighted by atomic mass is 9.98. The van der Waals surface area contributed by atoms with Gasteiger partial charge in [0.1, 0.15) is 6.61 Å². The van der Waals surface area contributed by atoms with E-state index in [2.05, 4.69) is 34.6 Å². The van der Waals surface area contributed by atoms with Gasteiger partial charge in [0.05, 0.1) is 10.7 Å². The lowest BCUT2D eigenvalue weighted by molar-refractivity contribution is 0.144. The van der Waals surface area contributed by atoms with Gasteiger partial charge in [0, 0.05) is 18.7 Å². The molecule has 1 aromatic heterocycles. The summed E-state index contributed by atoms with van der Waals surface area (Å²) in [4.78, 5) is 16.3. The number of nitrogens with one attached hydrogen (secondary N) is 1. The Morgan fingerprint density at radius 2 is 1.71 bits per heavy atom. The van der Waals surface area contributed by atoms with Crippen LogP contribution in [0.5, 0.6) is 0 Å². The first-order valence-corrected chi connectivity index (χ1v) is 9.48. The zero-order chi connectivity index (χ0) is 19.3. The molecule has 1 aliphatic rings. The first-order valence-electron chi connectivity index (χ1n) is 9.10. The molecule has 0 radical (unpaired) electrons. The summed E-state index contributed by atoms with van der Waals surface area (Å²) >= 11 is 6.04. The van der Waals surface area contributed by atoms with Crippen LogP contribution in [0.4, 0.5) is 4.79 Å². The van der Waals surface area contributed by atoms with Gasteiger partial charge >= 0.3 is 6.09 Å². The maximum Gasteiger partial charge on any atom is 0.407 e. The molecule has 0 fully saturated rings. The second-order valence-corrected chi connectivity index (χ2v) is 6.89. The Morgan fingerprint density at radius 1 is 1.04 bits per heavy atom. The number of carbonyl (C=O) groups is 1. The number of nitrogens with zero attached hydrogens (tertiary/aromatic N) is 1. The fourth-order valence-electron chi connectivity index (χ4n) is 3.48. The number of fused-ring (bicyclic) bond motifs is 3. The fraction of sp³-hybridized carbons (Fsp3) is 0.130. The van der Waals surface area contributed by atoms with Crippen LogP contribution < -0.4 is 5.32 Å². The Labute approximate surface area is 168 Å². The Hall–Kier alpha value is -3.11. The van der Waals surface area contributed by atoms with Gasteiger partial charge in [0.2, 0.25) is 0 Å². The van der Waals surface area contributed by atoms with Gasteiger partial charge in [-0.3, -0.25) is 4.98 Å². The quantitative estimate of drug-likeness (QED) is 0.644. The summed E-state index contributed by atoms with van der Waals surface area (Å²) < 4.78 is 5.49. The van der Waals surface area contributed by atoms with Crippen molar-refractivity contribution in [1.29, 1.82) is 0 Å². The van der Waals surface area contributed by atoms with Gasteiger partial charge in [-0.05, 0) is 40.5 Å². The molecule has 0 saturated heterocycles. The molecule has 28 heavy (non-hydrogen) atoms. The van der Waals surface area contributed by atoms with E-state index in [1.165, 1.54) is 22.3 Å². The van der Waals surface area contributed by atoms with Gasteiger partial charge in [-0.15, -0.1) is 0 Å². The third-order valence-electron chi connectivity index (χ3n) is 4.77. The van der Waals surface area contributed by atoms with Crippen LogP contribution in [0.2, 0.25) is 5.02 Å². The standard InChI is InChI=1S/C23H19ClN2O2/c24-21-11-5-13-25-22(21)12-6-14-26-23(27)28-15-20-18-9-3-1-7-16(18)17-8-2-4-10-19(17)20/h1-13,20H,14-15H2,(H,26,27). The second-order valence-electron chi connectivity index (χ2n) is 6.48. The molecule has 0 unspecified atom stereocenters. The predicted octanol–water partition coefficient (Wildman–Crippen LogP) is 5.29. The highest BCUT2D eigenvalue weighted by Gasteiger charge is 2.28. The minimum Gasteiger partial charge on any atom is -0.449 e. The van der Waals surface area contributed by atoms with Crippen molar-refractivity contribution in [3.8, 4) is 11.1 Å². The van der Waals surface area contributed by atoms with E-state index < -0.39 is 6.09 Å². The van der Waals surface area contributed by atoms with Crippen molar-refractivity contribution >= 4 is 23.8 Å². The molecule has 3 aromatic rings. The molecule has 5 heteroatoms. The topological polar surface area (TPSA) is 51.2 Å². The summed E-state index contributed by atoms with van der Waals surface area (Å²) in [5, 5.41) is 3.29. The van der Waals surface area contributed by atoms with Crippen molar-refractivity contribution < 1.29 is 9.53 Å². The molecule has 0 spiro atoms. The van der Waals surface area contributed by atoms with Crippen LogP contribution >= 0.6 is 11.6 Å². The molecule has 2 aromatic carbocycles. The van der Waals surface area contributed by atoms with E-state index in [1.807, 2.05) is 24.3 Å². The average molecular weight is 391 g/mol. The first-order chi connectivity index (χ1) is 13.7. The summed E-state index contributed by atoms with van der Waals surface area (Å²) in [7, 11) is 0. The highest BCUT2D eigenvalue weighted by molar-refractivity contribution is 6.31. The first kappa shape index (κ1) is 18.3. The summed E-state index contributed by atoms with van der Waals surface area (Å²) in [5.74, 6) is 0.0565. The number of rotatable bonds is 5. The van der Waals surface area contributed by atoms with Gasteiger partial charge in [-0.2, -0.15) is 0 Å². The number of alkyl carbamates (subject to hydrolysis) is 1. The number of hydrogen-bond acceptors (Lipinski definition) is 3. The molecule has 1 amide bonds. The number of aromatic nitrogens is 1. The van der Waals surface area contributed by atoms with Crippen LogP contribution in [0.15, 0.2) is 72.9 Å². The summed E-state index contributed by atoms with van der Waals surface area (Å²) in [6.07, 6.45) is 4.78. The van der Waals surface area contributed by atoms with Gasteiger partial charge in [0.15, 0.2) is 0 Å². The van der Waals surface area contributed by atoms with Crippen molar-refractivity contribution in [3.05, 3.63) is 94.8 Å². The average Bonchev–Trinajstić information content (AvgIpc) is 3.05. The van der Waals surface area contributed by atoms with Crippen LogP contribution in [0.25, 0.3) is 17.2 Å². The van der Waals surface area contributed by atoms with Gasteiger partial charge in [-0.1, -0.05) is 66.2 Å². The largest absolute Gasteiger partial charge is 0.449 e. The molecule has 1 aliphatic carbocycles. The molecule has 0 aliphatic heterocycles. The molecular weight excluding hydrogens is 372 g/mol. The summed E-state index contributed by atoms with van der Waals surface area (Å²) in [6, 6.07) is 20.1. The van der Waals surface area contributed by atoms with Crippen LogP contribution in [-0.4, -0.2) is 24.2 Å². The van der Waals surface area contributed by atoms with E-state index in [0.717, 1.165) is 0 Å². The molecule has 0 saturated carbocycles. The van der Waals surface area contributed by atoms with E-state index in [0.29, 0.717) is 23.9 Å². The van der Waals surface area contributed by atoms with Crippen LogP contribution in [0, 0.1) is 0 Å². The molecule has 1 heterocycles. The van der Waals surface area contributed by atoms with Crippen LogP contribution in [0.3, 0.4) is 0 Å². The molecule has 0 bridgehead atoms. The molecule has 4 rings (SSSR count). The lowest BCUT2D eigenvalue weighted by Gasteiger charge is -2.14. The highest BCUT2D eigenvalue weighted by Crippen LogP contribution is 2.44. The number of benzene rings is 2. The zero-order valence-electron chi connectivity index (χ0n) is 15.1. The zero-order valence-corrected chi connectivity index (χ0v) is 15.9. The number of pyridine rings is 1. The van der Waals surface area contributed by atoms with Gasteiger partial charge in [0.25, 0.3) is 0 Å².